The van der Waals surface area contributed by atoms with Crippen molar-refractivity contribution in [2.24, 2.45) is 0 Å². The Bertz CT molecular complexity index is 1030. The van der Waals surface area contributed by atoms with E-state index in [1.165, 1.54) is 0 Å². The fraction of sp³-hybridized carbons (Fsp3) is 0.280. The fourth-order valence-electron chi connectivity index (χ4n) is 3.71. The molecular formula is C25H27BrN2O4. The van der Waals surface area contributed by atoms with Crippen molar-refractivity contribution in [3.63, 3.8) is 0 Å². The molecule has 1 aliphatic heterocycles. The normalized spacial score (nSPS) is 17.8. The average molecular weight is 499 g/mol. The molecule has 1 saturated heterocycles. The van der Waals surface area contributed by atoms with Crippen molar-refractivity contribution in [2.75, 3.05) is 33.8 Å². The molecule has 0 spiro atoms. The third-order valence-electron chi connectivity index (χ3n) is 5.20. The number of ketones is 1. The van der Waals surface area contributed by atoms with Crippen molar-refractivity contribution in [3.8, 4) is 5.75 Å². The number of rotatable bonds is 9. The number of nitrogens with zero attached hydrogens (tertiary/aromatic N) is 2. The predicted octanol–water partition coefficient (Wildman–Crippen LogP) is 4.39. The number of aliphatic hydroxyl groups excluding tert-OH is 1. The smallest absolute Gasteiger partial charge is 0.295 e. The summed E-state index contributed by atoms with van der Waals surface area (Å²) in [4.78, 5) is 29.6. The van der Waals surface area contributed by atoms with Gasteiger partial charge in [0.05, 0.1) is 11.6 Å². The summed E-state index contributed by atoms with van der Waals surface area (Å²) in [6, 6.07) is 13.6. The van der Waals surface area contributed by atoms with Gasteiger partial charge < -0.3 is 19.6 Å². The van der Waals surface area contributed by atoms with Crippen LogP contribution >= 0.6 is 15.9 Å². The third-order valence-corrected chi connectivity index (χ3v) is 5.70. The van der Waals surface area contributed by atoms with E-state index in [4.69, 9.17) is 4.74 Å². The molecule has 0 aliphatic carbocycles. The summed E-state index contributed by atoms with van der Waals surface area (Å²) >= 11 is 3.47. The van der Waals surface area contributed by atoms with Crippen molar-refractivity contribution in [2.45, 2.75) is 12.5 Å². The summed E-state index contributed by atoms with van der Waals surface area (Å²) < 4.78 is 6.31. The second-order valence-electron chi connectivity index (χ2n) is 7.83. The lowest BCUT2D eigenvalue weighted by molar-refractivity contribution is -0.139. The first-order chi connectivity index (χ1) is 15.3. The van der Waals surface area contributed by atoms with E-state index in [0.29, 0.717) is 30.9 Å². The predicted molar refractivity (Wildman–Crippen MR) is 128 cm³/mol. The molecule has 1 N–H and O–H groups in total. The Morgan fingerprint density at radius 1 is 1.22 bits per heavy atom. The largest absolute Gasteiger partial charge is 0.507 e. The first-order valence-electron chi connectivity index (χ1n) is 10.4. The third kappa shape index (κ3) is 5.29. The quantitative estimate of drug-likeness (QED) is 0.240. The number of aliphatic hydroxyl groups is 1. The second-order valence-corrected chi connectivity index (χ2v) is 8.74. The molecule has 7 heteroatoms. The summed E-state index contributed by atoms with van der Waals surface area (Å²) in [6.07, 6.45) is 2.35. The molecular weight excluding hydrogens is 472 g/mol. The van der Waals surface area contributed by atoms with E-state index < -0.39 is 17.7 Å². The number of likely N-dealkylation sites (tertiary alicyclic amines) is 1. The van der Waals surface area contributed by atoms with E-state index >= 15 is 0 Å². The van der Waals surface area contributed by atoms with Crippen LogP contribution in [0.5, 0.6) is 5.75 Å². The zero-order valence-corrected chi connectivity index (χ0v) is 19.8. The van der Waals surface area contributed by atoms with Gasteiger partial charge in [-0.25, -0.2) is 0 Å². The molecule has 168 valence electrons. The van der Waals surface area contributed by atoms with Crippen molar-refractivity contribution in [1.82, 2.24) is 9.80 Å². The summed E-state index contributed by atoms with van der Waals surface area (Å²) in [5.41, 5.74) is 1.30. The Morgan fingerprint density at radius 2 is 1.94 bits per heavy atom. The summed E-state index contributed by atoms with van der Waals surface area (Å²) in [7, 11) is 3.92. The van der Waals surface area contributed by atoms with Gasteiger partial charge in [-0.2, -0.15) is 0 Å². The minimum atomic E-state index is -0.677. The van der Waals surface area contributed by atoms with Crippen molar-refractivity contribution in [3.05, 3.63) is 82.4 Å². The number of benzene rings is 2. The van der Waals surface area contributed by atoms with Gasteiger partial charge in [-0.1, -0.05) is 40.7 Å². The molecule has 1 fully saturated rings. The lowest BCUT2D eigenvalue weighted by Crippen LogP contribution is -2.32. The topological polar surface area (TPSA) is 70.1 Å². The maximum Gasteiger partial charge on any atom is 0.295 e. The van der Waals surface area contributed by atoms with Crippen LogP contribution in [-0.2, 0) is 9.59 Å². The molecule has 32 heavy (non-hydrogen) atoms. The number of Topliss-reactive ketones (excluding diaryl/α,β-unsaturated/α-hetero) is 1. The van der Waals surface area contributed by atoms with E-state index in [9.17, 15) is 14.7 Å². The van der Waals surface area contributed by atoms with Crippen LogP contribution in [-0.4, -0.2) is 60.4 Å². The SMILES string of the molecule is C=CCOc1ccc(/C(O)=C2/C(=O)C(=O)N(CCCN(C)C)C2c2cccc(Br)c2)cc1. The minimum Gasteiger partial charge on any atom is -0.507 e. The van der Waals surface area contributed by atoms with Crippen molar-refractivity contribution < 1.29 is 19.4 Å². The molecule has 0 radical (unpaired) electrons. The van der Waals surface area contributed by atoms with Gasteiger partial charge in [0.25, 0.3) is 11.7 Å². The Balaban J connectivity index is 2.03. The van der Waals surface area contributed by atoms with Crippen LogP contribution in [0.4, 0.5) is 0 Å². The van der Waals surface area contributed by atoms with Gasteiger partial charge in [-0.05, 0) is 69.0 Å². The average Bonchev–Trinajstić information content (AvgIpc) is 3.02. The van der Waals surface area contributed by atoms with Crippen LogP contribution < -0.4 is 4.74 Å². The molecule has 1 atom stereocenters. The Labute approximate surface area is 196 Å². The van der Waals surface area contributed by atoms with Gasteiger partial charge in [0, 0.05) is 16.6 Å². The van der Waals surface area contributed by atoms with Gasteiger partial charge in [0.15, 0.2) is 0 Å². The van der Waals surface area contributed by atoms with Crippen LogP contribution in [0.15, 0.2) is 71.2 Å². The van der Waals surface area contributed by atoms with Gasteiger partial charge in [-0.3, -0.25) is 9.59 Å². The Kier molecular flexibility index (Phi) is 7.88. The zero-order chi connectivity index (χ0) is 23.3. The molecule has 2 aromatic rings. The molecule has 1 aliphatic rings. The maximum atomic E-state index is 13.0. The lowest BCUT2D eigenvalue weighted by Gasteiger charge is -2.26. The van der Waals surface area contributed by atoms with E-state index in [-0.39, 0.29) is 11.3 Å². The van der Waals surface area contributed by atoms with Crippen LogP contribution in [0.1, 0.15) is 23.6 Å². The molecule has 0 aromatic heterocycles. The number of hydrogen-bond donors (Lipinski definition) is 1. The van der Waals surface area contributed by atoms with Crippen molar-refractivity contribution >= 4 is 33.4 Å². The molecule has 0 bridgehead atoms. The second kappa shape index (κ2) is 10.6. The highest BCUT2D eigenvalue weighted by molar-refractivity contribution is 9.10. The van der Waals surface area contributed by atoms with E-state index in [1.54, 1.807) is 35.2 Å². The van der Waals surface area contributed by atoms with Crippen LogP contribution in [0, 0.1) is 0 Å². The number of amides is 1. The van der Waals surface area contributed by atoms with E-state index in [0.717, 1.165) is 16.6 Å². The van der Waals surface area contributed by atoms with Crippen LogP contribution in [0.3, 0.4) is 0 Å². The number of halogens is 1. The number of ether oxygens (including phenoxy) is 1. The maximum absolute atomic E-state index is 13.0. The van der Waals surface area contributed by atoms with Gasteiger partial charge in [-0.15, -0.1) is 0 Å². The molecule has 2 aromatic carbocycles. The molecule has 0 saturated carbocycles. The molecule has 1 heterocycles. The molecule has 3 rings (SSSR count). The van der Waals surface area contributed by atoms with E-state index in [2.05, 4.69) is 22.5 Å². The number of hydrogen-bond acceptors (Lipinski definition) is 5. The standard InChI is InChI=1S/C25H27BrN2O4/c1-4-15-32-20-11-9-17(10-12-20)23(29)21-22(18-7-5-8-19(26)16-18)28(25(31)24(21)30)14-6-13-27(2)3/h4-5,7-12,16,22,29H,1,6,13-15H2,2-3H3/b23-21-. The fourth-order valence-corrected chi connectivity index (χ4v) is 4.13. The monoisotopic (exact) mass is 498 g/mol. The highest BCUT2D eigenvalue weighted by Crippen LogP contribution is 2.40. The van der Waals surface area contributed by atoms with Crippen molar-refractivity contribution in [1.29, 1.82) is 0 Å². The molecule has 1 amide bonds. The zero-order valence-electron chi connectivity index (χ0n) is 18.3. The highest BCUT2D eigenvalue weighted by atomic mass is 79.9. The summed E-state index contributed by atoms with van der Waals surface area (Å²) in [5, 5.41) is 11.1. The summed E-state index contributed by atoms with van der Waals surface area (Å²) in [6.45, 7) is 5.17. The number of carbonyl (C=O) groups excluding carboxylic acids is 2. The first-order valence-corrected chi connectivity index (χ1v) is 11.2. The summed E-state index contributed by atoms with van der Waals surface area (Å²) in [5.74, 6) is -0.849. The Morgan fingerprint density at radius 3 is 2.56 bits per heavy atom. The molecule has 6 nitrogen and oxygen atoms in total. The van der Waals surface area contributed by atoms with E-state index in [1.807, 2.05) is 43.3 Å². The lowest BCUT2D eigenvalue weighted by atomic mass is 9.95. The molecule has 1 unspecified atom stereocenters. The first kappa shape index (κ1) is 23.8. The van der Waals surface area contributed by atoms with Gasteiger partial charge in [0.1, 0.15) is 18.1 Å². The minimum absolute atomic E-state index is 0.0951. The van der Waals surface area contributed by atoms with Crippen LogP contribution in [0.25, 0.3) is 5.76 Å². The van der Waals surface area contributed by atoms with Crippen LogP contribution in [0.2, 0.25) is 0 Å². The van der Waals surface area contributed by atoms with Gasteiger partial charge in [0.2, 0.25) is 0 Å². The highest BCUT2D eigenvalue weighted by Gasteiger charge is 2.45. The Hall–Kier alpha value is -2.90. The number of carbonyl (C=O) groups is 2. The van der Waals surface area contributed by atoms with Gasteiger partial charge >= 0.3 is 0 Å².